The molecule has 0 aliphatic carbocycles. The van der Waals surface area contributed by atoms with Crippen LogP contribution >= 0.6 is 11.6 Å². The third-order valence-electron chi connectivity index (χ3n) is 2.43. The van der Waals surface area contributed by atoms with E-state index in [1.165, 1.54) is 0 Å². The summed E-state index contributed by atoms with van der Waals surface area (Å²) in [5.74, 6) is 0. The van der Waals surface area contributed by atoms with Gasteiger partial charge in [0.25, 0.3) is 0 Å². The summed E-state index contributed by atoms with van der Waals surface area (Å²) in [7, 11) is 1.95. The van der Waals surface area contributed by atoms with Gasteiger partial charge < -0.3 is 9.67 Å². The SMILES string of the molecule is C[C@@H](O)c1cn(C)c2cc(Cl)ccc12. The standard InChI is InChI=1S/C11H12ClNO/c1-7(14)10-6-13(2)11-5-8(12)3-4-9(10)11/h3-7,14H,1-2H3/t7-/m1/s1. The maximum Gasteiger partial charge on any atom is 0.0782 e. The van der Waals surface area contributed by atoms with Crippen molar-refractivity contribution in [1.82, 2.24) is 4.57 Å². The van der Waals surface area contributed by atoms with Gasteiger partial charge in [-0.1, -0.05) is 17.7 Å². The van der Waals surface area contributed by atoms with Crippen LogP contribution in [-0.4, -0.2) is 9.67 Å². The number of hydrogen-bond acceptors (Lipinski definition) is 1. The number of aryl methyl sites for hydroxylation is 1. The molecule has 14 heavy (non-hydrogen) atoms. The average Bonchev–Trinajstić information content (AvgIpc) is 2.44. The quantitative estimate of drug-likeness (QED) is 0.768. The Bertz CT molecular complexity index is 473. The van der Waals surface area contributed by atoms with Crippen molar-refractivity contribution in [3.05, 3.63) is 35.0 Å². The Balaban J connectivity index is 2.77. The number of nitrogens with zero attached hydrogens (tertiary/aromatic N) is 1. The maximum absolute atomic E-state index is 9.56. The third-order valence-corrected chi connectivity index (χ3v) is 2.67. The second kappa shape index (κ2) is 3.30. The van der Waals surface area contributed by atoms with Gasteiger partial charge in [0, 0.05) is 34.7 Å². The number of aromatic nitrogens is 1. The molecule has 0 fully saturated rings. The highest BCUT2D eigenvalue weighted by Crippen LogP contribution is 2.27. The molecule has 0 saturated heterocycles. The monoisotopic (exact) mass is 209 g/mol. The van der Waals surface area contributed by atoms with E-state index in [9.17, 15) is 5.11 Å². The summed E-state index contributed by atoms with van der Waals surface area (Å²) in [5.41, 5.74) is 1.99. The van der Waals surface area contributed by atoms with Gasteiger partial charge in [0.05, 0.1) is 6.10 Å². The normalized spacial score (nSPS) is 13.4. The zero-order valence-corrected chi connectivity index (χ0v) is 8.92. The number of benzene rings is 1. The summed E-state index contributed by atoms with van der Waals surface area (Å²) in [5, 5.41) is 11.3. The number of aliphatic hydroxyl groups is 1. The molecule has 2 aromatic rings. The van der Waals surface area contributed by atoms with Crippen LogP contribution in [0.1, 0.15) is 18.6 Å². The highest BCUT2D eigenvalue weighted by molar-refractivity contribution is 6.31. The van der Waals surface area contributed by atoms with E-state index in [0.29, 0.717) is 0 Å². The summed E-state index contributed by atoms with van der Waals surface area (Å²) in [6.07, 6.45) is 1.49. The Kier molecular flexibility index (Phi) is 2.25. The van der Waals surface area contributed by atoms with Gasteiger partial charge in [-0.2, -0.15) is 0 Å². The van der Waals surface area contributed by atoms with Crippen LogP contribution in [0.15, 0.2) is 24.4 Å². The molecule has 0 unspecified atom stereocenters. The summed E-state index contributed by atoms with van der Waals surface area (Å²) >= 11 is 5.90. The molecule has 0 amide bonds. The lowest BCUT2D eigenvalue weighted by atomic mass is 10.1. The van der Waals surface area contributed by atoms with Crippen LogP contribution in [0.4, 0.5) is 0 Å². The molecule has 0 radical (unpaired) electrons. The Morgan fingerprint density at radius 1 is 1.43 bits per heavy atom. The maximum atomic E-state index is 9.56. The Morgan fingerprint density at radius 3 is 2.79 bits per heavy atom. The van der Waals surface area contributed by atoms with Crippen molar-refractivity contribution < 1.29 is 5.11 Å². The Labute approximate surface area is 87.7 Å². The van der Waals surface area contributed by atoms with Crippen LogP contribution in [0.5, 0.6) is 0 Å². The number of halogens is 1. The van der Waals surface area contributed by atoms with Gasteiger partial charge >= 0.3 is 0 Å². The molecule has 2 rings (SSSR count). The fourth-order valence-electron chi connectivity index (χ4n) is 1.72. The molecule has 1 heterocycles. The first kappa shape index (κ1) is 9.56. The zero-order chi connectivity index (χ0) is 10.3. The molecule has 1 aromatic carbocycles. The smallest absolute Gasteiger partial charge is 0.0782 e. The number of rotatable bonds is 1. The van der Waals surface area contributed by atoms with Gasteiger partial charge in [-0.3, -0.25) is 0 Å². The van der Waals surface area contributed by atoms with Crippen molar-refractivity contribution in [3.63, 3.8) is 0 Å². The van der Waals surface area contributed by atoms with Gasteiger partial charge in [-0.05, 0) is 19.1 Å². The van der Waals surface area contributed by atoms with E-state index < -0.39 is 6.10 Å². The van der Waals surface area contributed by atoms with Crippen LogP contribution in [0.3, 0.4) is 0 Å². The van der Waals surface area contributed by atoms with Crippen molar-refractivity contribution in [2.24, 2.45) is 7.05 Å². The zero-order valence-electron chi connectivity index (χ0n) is 8.16. The summed E-state index contributed by atoms with van der Waals surface area (Å²) < 4.78 is 1.98. The van der Waals surface area contributed by atoms with Crippen LogP contribution in [-0.2, 0) is 7.05 Å². The lowest BCUT2D eigenvalue weighted by molar-refractivity contribution is 0.200. The van der Waals surface area contributed by atoms with Crippen molar-refractivity contribution in [1.29, 1.82) is 0 Å². The van der Waals surface area contributed by atoms with Crippen LogP contribution in [0.2, 0.25) is 5.02 Å². The minimum absolute atomic E-state index is 0.445. The van der Waals surface area contributed by atoms with Crippen LogP contribution < -0.4 is 0 Å². The van der Waals surface area contributed by atoms with E-state index in [-0.39, 0.29) is 0 Å². The molecule has 0 aliphatic heterocycles. The van der Waals surface area contributed by atoms with Gasteiger partial charge in [-0.25, -0.2) is 0 Å². The number of aliphatic hydroxyl groups excluding tert-OH is 1. The van der Waals surface area contributed by atoms with Gasteiger partial charge in [0.15, 0.2) is 0 Å². The van der Waals surface area contributed by atoms with Crippen molar-refractivity contribution >= 4 is 22.5 Å². The minimum atomic E-state index is -0.445. The summed E-state index contributed by atoms with van der Waals surface area (Å²) in [6.45, 7) is 1.77. The molecular weight excluding hydrogens is 198 g/mol. The van der Waals surface area contributed by atoms with E-state index in [0.717, 1.165) is 21.5 Å². The van der Waals surface area contributed by atoms with E-state index in [1.807, 2.05) is 36.0 Å². The van der Waals surface area contributed by atoms with Crippen LogP contribution in [0, 0.1) is 0 Å². The molecule has 0 aliphatic rings. The van der Waals surface area contributed by atoms with Crippen molar-refractivity contribution in [2.75, 3.05) is 0 Å². The van der Waals surface area contributed by atoms with E-state index >= 15 is 0 Å². The van der Waals surface area contributed by atoms with E-state index in [2.05, 4.69) is 0 Å². The molecule has 1 N–H and O–H groups in total. The molecule has 3 heteroatoms. The van der Waals surface area contributed by atoms with Crippen molar-refractivity contribution in [2.45, 2.75) is 13.0 Å². The van der Waals surface area contributed by atoms with E-state index in [4.69, 9.17) is 11.6 Å². The third kappa shape index (κ3) is 1.41. The fraction of sp³-hybridized carbons (Fsp3) is 0.273. The highest BCUT2D eigenvalue weighted by atomic mass is 35.5. The highest BCUT2D eigenvalue weighted by Gasteiger charge is 2.10. The fourth-order valence-corrected chi connectivity index (χ4v) is 1.89. The van der Waals surface area contributed by atoms with Gasteiger partial charge in [0.2, 0.25) is 0 Å². The molecule has 0 spiro atoms. The average molecular weight is 210 g/mol. The molecule has 2 nitrogen and oxygen atoms in total. The topological polar surface area (TPSA) is 25.2 Å². The van der Waals surface area contributed by atoms with Gasteiger partial charge in [-0.15, -0.1) is 0 Å². The largest absolute Gasteiger partial charge is 0.389 e. The first-order chi connectivity index (χ1) is 6.59. The molecule has 0 saturated carbocycles. The second-order valence-corrected chi connectivity index (χ2v) is 3.97. The molecule has 0 bridgehead atoms. The molecule has 1 atom stereocenters. The predicted octanol–water partition coefficient (Wildman–Crippen LogP) is 2.89. The van der Waals surface area contributed by atoms with Gasteiger partial charge in [0.1, 0.15) is 0 Å². The first-order valence-electron chi connectivity index (χ1n) is 4.52. The number of hydrogen-bond donors (Lipinski definition) is 1. The number of fused-ring (bicyclic) bond motifs is 1. The lowest BCUT2D eigenvalue weighted by Gasteiger charge is -2.00. The predicted molar refractivity (Wildman–Crippen MR) is 58.6 cm³/mol. The Hall–Kier alpha value is -0.990. The van der Waals surface area contributed by atoms with Crippen molar-refractivity contribution in [3.8, 4) is 0 Å². The summed E-state index contributed by atoms with van der Waals surface area (Å²) in [6, 6.07) is 5.69. The lowest BCUT2D eigenvalue weighted by Crippen LogP contribution is -1.88. The van der Waals surface area contributed by atoms with E-state index in [1.54, 1.807) is 6.92 Å². The second-order valence-electron chi connectivity index (χ2n) is 3.53. The molecular formula is C11H12ClNO. The Morgan fingerprint density at radius 2 is 2.14 bits per heavy atom. The minimum Gasteiger partial charge on any atom is -0.389 e. The summed E-state index contributed by atoms with van der Waals surface area (Å²) in [4.78, 5) is 0. The van der Waals surface area contributed by atoms with Crippen LogP contribution in [0.25, 0.3) is 10.9 Å². The first-order valence-corrected chi connectivity index (χ1v) is 4.90. The molecule has 74 valence electrons. The molecule has 1 aromatic heterocycles.